The summed E-state index contributed by atoms with van der Waals surface area (Å²) >= 11 is 0. The molecule has 0 amide bonds. The van der Waals surface area contributed by atoms with Crippen molar-refractivity contribution < 1.29 is 0 Å². The van der Waals surface area contributed by atoms with Crippen molar-refractivity contribution in [3.8, 4) is 73.6 Å². The van der Waals surface area contributed by atoms with Gasteiger partial charge in [-0.3, -0.25) is 0 Å². The van der Waals surface area contributed by atoms with E-state index in [1.807, 2.05) is 60.7 Å². The fraction of sp³-hybridized carbons (Fsp3) is 0. The van der Waals surface area contributed by atoms with Crippen LogP contribution in [0.4, 0.5) is 0 Å². The fourth-order valence-corrected chi connectivity index (χ4v) is 9.38. The molecule has 0 spiro atoms. The minimum atomic E-state index is 0.550. The normalized spacial score (nSPS) is 11.4. The molecule has 298 valence electrons. The minimum absolute atomic E-state index is 0.550. The number of benzene rings is 9. The molecule has 0 atom stereocenters. The molecule has 0 unspecified atom stereocenters. The standard InChI is InChI=1S/C59H37N5/c60-38-50-57(63-53-27-15-13-25-46(53)48-33-43(29-31-55(48)63)39-17-5-1-6-18-39)35-45(52-37-51(41-21-9-3-10-22-41)61-59(62-52)42-23-11-4-12-24-42)36-58(50)64-54-28-16-14-26-47(54)49-34-44(30-32-56(49)64)40-19-7-2-8-20-40/h1-37H. The second kappa shape index (κ2) is 15.3. The van der Waals surface area contributed by atoms with Gasteiger partial charge in [0.15, 0.2) is 5.82 Å². The molecule has 0 fully saturated rings. The summed E-state index contributed by atoms with van der Waals surface area (Å²) < 4.78 is 4.54. The van der Waals surface area contributed by atoms with Crippen LogP contribution in [0.5, 0.6) is 0 Å². The van der Waals surface area contributed by atoms with Crippen molar-refractivity contribution in [2.24, 2.45) is 0 Å². The van der Waals surface area contributed by atoms with E-state index in [1.165, 1.54) is 0 Å². The maximum atomic E-state index is 11.6. The second-order valence-electron chi connectivity index (χ2n) is 16.1. The predicted molar refractivity (Wildman–Crippen MR) is 263 cm³/mol. The van der Waals surface area contributed by atoms with Crippen molar-refractivity contribution in [3.05, 3.63) is 230 Å². The third kappa shape index (κ3) is 6.16. The van der Waals surface area contributed by atoms with Crippen molar-refractivity contribution in [2.45, 2.75) is 0 Å². The third-order valence-electron chi connectivity index (χ3n) is 12.4. The Hall–Kier alpha value is -8.85. The SMILES string of the molecule is N#Cc1c(-n2c3ccccc3c3cc(-c4ccccc4)ccc32)cc(-c2cc(-c3ccccc3)nc(-c3ccccc3)n2)cc1-n1c2ccccc2c2cc(-c3ccccc3)ccc21. The summed E-state index contributed by atoms with van der Waals surface area (Å²) in [6, 6.07) is 80.8. The molecule has 9 aromatic carbocycles. The average Bonchev–Trinajstić information content (AvgIpc) is 3.89. The minimum Gasteiger partial charge on any atom is -0.308 e. The van der Waals surface area contributed by atoms with Gasteiger partial charge < -0.3 is 9.13 Å². The summed E-state index contributed by atoms with van der Waals surface area (Å²) in [5.74, 6) is 0.625. The molecule has 5 nitrogen and oxygen atoms in total. The van der Waals surface area contributed by atoms with Crippen molar-refractivity contribution in [2.75, 3.05) is 0 Å². The average molecular weight is 816 g/mol. The lowest BCUT2D eigenvalue weighted by molar-refractivity contribution is 1.11. The largest absolute Gasteiger partial charge is 0.308 e. The van der Waals surface area contributed by atoms with Gasteiger partial charge in [0.2, 0.25) is 0 Å². The number of hydrogen-bond donors (Lipinski definition) is 0. The molecular formula is C59H37N5. The molecule has 5 heteroatoms. The van der Waals surface area contributed by atoms with E-state index in [4.69, 9.17) is 9.97 Å². The van der Waals surface area contributed by atoms with Crippen LogP contribution in [0.3, 0.4) is 0 Å². The Balaban J connectivity index is 1.19. The Morgan fingerprint density at radius 2 is 0.703 bits per heavy atom. The summed E-state index contributed by atoms with van der Waals surface area (Å²) in [5, 5.41) is 16.0. The van der Waals surface area contributed by atoms with Gasteiger partial charge in [0.1, 0.15) is 11.6 Å². The Bertz CT molecular complexity index is 3530. The van der Waals surface area contributed by atoms with Crippen molar-refractivity contribution in [1.82, 2.24) is 19.1 Å². The van der Waals surface area contributed by atoms with Gasteiger partial charge in [-0.2, -0.15) is 5.26 Å². The van der Waals surface area contributed by atoms with E-state index in [1.54, 1.807) is 0 Å². The number of para-hydroxylation sites is 2. The molecule has 0 saturated carbocycles. The zero-order valence-electron chi connectivity index (χ0n) is 34.6. The Morgan fingerprint density at radius 3 is 1.17 bits per heavy atom. The molecular weight excluding hydrogens is 779 g/mol. The predicted octanol–water partition coefficient (Wildman–Crippen LogP) is 14.9. The molecule has 0 aliphatic heterocycles. The Morgan fingerprint density at radius 1 is 0.312 bits per heavy atom. The molecule has 0 aliphatic rings. The molecule has 12 rings (SSSR count). The number of nitrogens with zero attached hydrogens (tertiary/aromatic N) is 5. The van der Waals surface area contributed by atoms with Crippen LogP contribution in [-0.4, -0.2) is 19.1 Å². The summed E-state index contributed by atoms with van der Waals surface area (Å²) in [6.45, 7) is 0. The number of fused-ring (bicyclic) bond motifs is 6. The highest BCUT2D eigenvalue weighted by Crippen LogP contribution is 2.42. The van der Waals surface area contributed by atoms with Crippen LogP contribution in [0, 0.1) is 11.3 Å². The lowest BCUT2D eigenvalue weighted by Gasteiger charge is -2.19. The second-order valence-corrected chi connectivity index (χ2v) is 16.1. The van der Waals surface area contributed by atoms with Crippen LogP contribution in [0.25, 0.3) is 111 Å². The number of nitriles is 1. The first-order valence-electron chi connectivity index (χ1n) is 21.5. The molecule has 3 aromatic heterocycles. The lowest BCUT2D eigenvalue weighted by Crippen LogP contribution is -2.06. The van der Waals surface area contributed by atoms with Crippen LogP contribution in [0.1, 0.15) is 5.56 Å². The zero-order valence-corrected chi connectivity index (χ0v) is 34.6. The van der Waals surface area contributed by atoms with E-state index in [2.05, 4.69) is 179 Å². The topological polar surface area (TPSA) is 59.4 Å². The molecule has 0 bridgehead atoms. The third-order valence-corrected chi connectivity index (χ3v) is 12.4. The van der Waals surface area contributed by atoms with Crippen molar-refractivity contribution in [1.29, 1.82) is 5.26 Å². The zero-order chi connectivity index (χ0) is 42.6. The highest BCUT2D eigenvalue weighted by Gasteiger charge is 2.24. The number of hydrogen-bond acceptors (Lipinski definition) is 3. The Kier molecular flexibility index (Phi) is 8.81. The summed E-state index contributed by atoms with van der Waals surface area (Å²) in [7, 11) is 0. The smallest absolute Gasteiger partial charge is 0.160 e. The number of rotatable bonds is 7. The van der Waals surface area contributed by atoms with Crippen LogP contribution in [0.15, 0.2) is 224 Å². The summed E-state index contributed by atoms with van der Waals surface area (Å²) in [4.78, 5) is 10.5. The first-order valence-corrected chi connectivity index (χ1v) is 21.5. The summed E-state index contributed by atoms with van der Waals surface area (Å²) in [5.41, 5.74) is 15.0. The quantitative estimate of drug-likeness (QED) is 0.161. The van der Waals surface area contributed by atoms with E-state index < -0.39 is 0 Å². The molecule has 3 heterocycles. The maximum absolute atomic E-state index is 11.6. The van der Waals surface area contributed by atoms with Gasteiger partial charge in [-0.15, -0.1) is 0 Å². The first kappa shape index (κ1) is 37.0. The maximum Gasteiger partial charge on any atom is 0.160 e. The van der Waals surface area contributed by atoms with E-state index in [0.29, 0.717) is 11.4 Å². The van der Waals surface area contributed by atoms with Gasteiger partial charge in [0.25, 0.3) is 0 Å². The molecule has 12 aromatic rings. The molecule has 64 heavy (non-hydrogen) atoms. The molecule has 0 aliphatic carbocycles. The van der Waals surface area contributed by atoms with Gasteiger partial charge in [-0.25, -0.2) is 9.97 Å². The van der Waals surface area contributed by atoms with Gasteiger partial charge in [-0.1, -0.05) is 170 Å². The van der Waals surface area contributed by atoms with Crippen LogP contribution >= 0.6 is 0 Å². The van der Waals surface area contributed by atoms with E-state index in [-0.39, 0.29) is 0 Å². The summed E-state index contributed by atoms with van der Waals surface area (Å²) in [6.07, 6.45) is 0. The fourth-order valence-electron chi connectivity index (χ4n) is 9.38. The Labute approximate surface area is 370 Å². The van der Waals surface area contributed by atoms with Crippen LogP contribution < -0.4 is 0 Å². The van der Waals surface area contributed by atoms with E-state index in [0.717, 1.165) is 105 Å². The van der Waals surface area contributed by atoms with Gasteiger partial charge in [0.05, 0.1) is 44.8 Å². The van der Waals surface area contributed by atoms with Crippen molar-refractivity contribution >= 4 is 43.6 Å². The van der Waals surface area contributed by atoms with Crippen LogP contribution in [0.2, 0.25) is 0 Å². The van der Waals surface area contributed by atoms with Gasteiger partial charge in [0, 0.05) is 38.2 Å². The lowest BCUT2D eigenvalue weighted by atomic mass is 10.0. The van der Waals surface area contributed by atoms with Gasteiger partial charge >= 0.3 is 0 Å². The molecule has 0 radical (unpaired) electrons. The monoisotopic (exact) mass is 815 g/mol. The number of aromatic nitrogens is 4. The van der Waals surface area contributed by atoms with E-state index >= 15 is 0 Å². The molecule has 0 saturated heterocycles. The van der Waals surface area contributed by atoms with E-state index in [9.17, 15) is 5.26 Å². The highest BCUT2D eigenvalue weighted by molar-refractivity contribution is 6.12. The van der Waals surface area contributed by atoms with Crippen molar-refractivity contribution in [3.63, 3.8) is 0 Å². The molecule has 0 N–H and O–H groups in total. The first-order chi connectivity index (χ1) is 31.7. The van der Waals surface area contributed by atoms with Crippen LogP contribution in [-0.2, 0) is 0 Å². The van der Waals surface area contributed by atoms with Gasteiger partial charge in [-0.05, 0) is 76.9 Å². The highest BCUT2D eigenvalue weighted by atomic mass is 15.0.